The third-order valence-corrected chi connectivity index (χ3v) is 7.90. The van der Waals surface area contributed by atoms with Crippen molar-refractivity contribution in [1.29, 1.82) is 0 Å². The van der Waals surface area contributed by atoms with E-state index >= 15 is 0 Å². The topological polar surface area (TPSA) is 142 Å². The Hall–Kier alpha value is -4.23. The number of hydrogen-bond donors (Lipinski definition) is 1. The van der Waals surface area contributed by atoms with Crippen molar-refractivity contribution in [2.45, 2.75) is 52.6 Å². The number of aromatic nitrogens is 1. The van der Waals surface area contributed by atoms with Gasteiger partial charge in [0.2, 0.25) is 9.04 Å². The van der Waals surface area contributed by atoms with Crippen LogP contribution in [-0.4, -0.2) is 67.9 Å². The molecule has 1 radical (unpaired) electrons. The number of ether oxygens (including phenoxy) is 3. The van der Waals surface area contributed by atoms with Gasteiger partial charge in [0.15, 0.2) is 17.2 Å². The molecule has 2 aromatic rings. The Morgan fingerprint density at radius 2 is 1.80 bits per heavy atom. The van der Waals surface area contributed by atoms with Gasteiger partial charge in [-0.05, 0) is 42.1 Å². The van der Waals surface area contributed by atoms with E-state index in [1.165, 1.54) is 24.4 Å². The quantitative estimate of drug-likeness (QED) is 0.124. The second-order valence-corrected chi connectivity index (χ2v) is 13.7. The summed E-state index contributed by atoms with van der Waals surface area (Å²) in [6, 6.07) is 7.30. The number of non-ortho nitro benzene ring substituents is 1. The smallest absolute Gasteiger partial charge is 0.412 e. The van der Waals surface area contributed by atoms with E-state index in [0.717, 1.165) is 0 Å². The molecule has 0 saturated carbocycles. The van der Waals surface area contributed by atoms with Gasteiger partial charge in [-0.25, -0.2) is 9.78 Å². The van der Waals surface area contributed by atoms with Crippen LogP contribution in [0.15, 0.2) is 61.8 Å². The van der Waals surface area contributed by atoms with E-state index in [0.29, 0.717) is 30.0 Å². The molecule has 2 atom stereocenters. The number of nitro groups is 1. The first-order valence-electron chi connectivity index (χ1n) is 14.2. The summed E-state index contributed by atoms with van der Waals surface area (Å²) in [6.45, 7) is 18.2. The van der Waals surface area contributed by atoms with Gasteiger partial charge in [-0.2, -0.15) is 0 Å². The van der Waals surface area contributed by atoms with Crippen molar-refractivity contribution in [3.63, 3.8) is 0 Å². The third kappa shape index (κ3) is 8.89. The maximum Gasteiger partial charge on any atom is 0.412 e. The van der Waals surface area contributed by atoms with E-state index in [2.05, 4.69) is 44.2 Å². The first-order chi connectivity index (χ1) is 20.8. The average Bonchev–Trinajstić information content (AvgIpc) is 3.36. The normalized spacial score (nSPS) is 18.0. The van der Waals surface area contributed by atoms with Crippen LogP contribution in [0.5, 0.6) is 11.5 Å². The van der Waals surface area contributed by atoms with Crippen LogP contribution in [0.2, 0.25) is 13.1 Å². The first-order valence-corrected chi connectivity index (χ1v) is 16.6. The van der Waals surface area contributed by atoms with Crippen molar-refractivity contribution >= 4 is 26.7 Å². The monoisotopic (exact) mass is 625 g/mol. The van der Waals surface area contributed by atoms with Crippen LogP contribution < -0.4 is 14.8 Å². The minimum Gasteiger partial charge on any atom is -0.486 e. The van der Waals surface area contributed by atoms with Crippen LogP contribution in [0.4, 0.5) is 10.5 Å². The van der Waals surface area contributed by atoms with E-state index in [1.807, 2.05) is 13.1 Å². The molecule has 44 heavy (non-hydrogen) atoms. The molecule has 3 rings (SSSR count). The van der Waals surface area contributed by atoms with E-state index in [1.54, 1.807) is 29.2 Å². The molecule has 0 spiro atoms. The number of rotatable bonds is 14. The molecule has 1 aliphatic rings. The van der Waals surface area contributed by atoms with Gasteiger partial charge >= 0.3 is 6.09 Å². The van der Waals surface area contributed by atoms with Gasteiger partial charge < -0.3 is 24.0 Å². The minimum absolute atomic E-state index is 0.000134. The van der Waals surface area contributed by atoms with Gasteiger partial charge in [0.1, 0.15) is 25.5 Å². The first kappa shape index (κ1) is 34.3. The predicted molar refractivity (Wildman–Crippen MR) is 167 cm³/mol. The lowest BCUT2D eigenvalue weighted by molar-refractivity contribution is -0.384. The number of hydrogen-bond acceptors (Lipinski definition) is 9. The third-order valence-electron chi connectivity index (χ3n) is 7.11. The number of pyridine rings is 1. The van der Waals surface area contributed by atoms with Gasteiger partial charge in [-0.1, -0.05) is 46.1 Å². The Balaban J connectivity index is 1.84. The fraction of sp³-hybridized carbons (Fsp3) is 0.452. The zero-order valence-electron chi connectivity index (χ0n) is 26.0. The Morgan fingerprint density at radius 3 is 2.36 bits per heavy atom. The van der Waals surface area contributed by atoms with Crippen molar-refractivity contribution in [2.24, 2.45) is 11.3 Å². The summed E-state index contributed by atoms with van der Waals surface area (Å²) in [5, 5.41) is 13.9. The molecule has 0 bridgehead atoms. The van der Waals surface area contributed by atoms with Crippen molar-refractivity contribution in [3.05, 3.63) is 83.2 Å². The number of amides is 2. The molecule has 1 aromatic heterocycles. The second-order valence-electron chi connectivity index (χ2n) is 11.7. The fourth-order valence-electron chi connectivity index (χ4n) is 4.76. The van der Waals surface area contributed by atoms with Gasteiger partial charge in [-0.15, -0.1) is 0 Å². The van der Waals surface area contributed by atoms with Crippen LogP contribution in [0.3, 0.4) is 0 Å². The highest BCUT2D eigenvalue weighted by atomic mass is 28.3. The molecule has 0 aliphatic carbocycles. The predicted octanol–water partition coefficient (Wildman–Crippen LogP) is 5.52. The molecule has 1 aliphatic heterocycles. The van der Waals surface area contributed by atoms with Gasteiger partial charge in [0.25, 0.3) is 11.6 Å². The van der Waals surface area contributed by atoms with E-state index < -0.39 is 31.7 Å². The van der Waals surface area contributed by atoms with E-state index in [9.17, 15) is 19.7 Å². The van der Waals surface area contributed by atoms with Crippen molar-refractivity contribution in [3.8, 4) is 11.5 Å². The van der Waals surface area contributed by atoms with Gasteiger partial charge in [0.05, 0.1) is 17.7 Å². The number of nitro benzene ring substituents is 1. The van der Waals surface area contributed by atoms with Crippen LogP contribution >= 0.6 is 0 Å². The summed E-state index contributed by atoms with van der Waals surface area (Å²) in [6.07, 6.45) is 4.46. The van der Waals surface area contributed by atoms with Crippen molar-refractivity contribution in [1.82, 2.24) is 15.2 Å². The number of carbonyl (C=O) groups excluding carboxylic acids is 2. The molecule has 1 fully saturated rings. The number of benzene rings is 1. The molecule has 2 amide bonds. The van der Waals surface area contributed by atoms with Gasteiger partial charge in [0, 0.05) is 31.2 Å². The highest BCUT2D eigenvalue weighted by Gasteiger charge is 2.53. The lowest BCUT2D eigenvalue weighted by Crippen LogP contribution is -2.57. The molecule has 1 aromatic carbocycles. The highest BCUT2D eigenvalue weighted by molar-refractivity contribution is 6.48. The maximum atomic E-state index is 13.6. The summed E-state index contributed by atoms with van der Waals surface area (Å²) < 4.78 is 23.5. The second kappa shape index (κ2) is 15.0. The highest BCUT2D eigenvalue weighted by Crippen LogP contribution is 2.43. The largest absolute Gasteiger partial charge is 0.486 e. The Labute approximate surface area is 259 Å². The molecular weight excluding hydrogens is 584 g/mol. The number of nitrogens with one attached hydrogen (secondary N) is 1. The molecule has 237 valence electrons. The molecular formula is C31H41N4O8Si. The lowest BCUT2D eigenvalue weighted by Gasteiger charge is -2.39. The maximum absolute atomic E-state index is 13.6. The molecule has 1 saturated heterocycles. The fourth-order valence-corrected chi connectivity index (χ4v) is 5.79. The number of likely N-dealkylation sites (tertiary alicyclic amines) is 1. The van der Waals surface area contributed by atoms with E-state index in [4.69, 9.17) is 18.6 Å². The average molecular weight is 626 g/mol. The Kier molecular flexibility index (Phi) is 11.7. The Morgan fingerprint density at radius 1 is 1.16 bits per heavy atom. The van der Waals surface area contributed by atoms with Crippen LogP contribution in [0.25, 0.3) is 0 Å². The summed E-state index contributed by atoms with van der Waals surface area (Å²) in [5.41, 5.74) is -0.675. The summed E-state index contributed by atoms with van der Waals surface area (Å²) in [4.78, 5) is 43.3. The summed E-state index contributed by atoms with van der Waals surface area (Å²) >= 11 is 0. The van der Waals surface area contributed by atoms with E-state index in [-0.39, 0.29) is 49.1 Å². The molecule has 2 heterocycles. The Bertz CT molecular complexity index is 1350. The SMILES string of the molecule is C=CCOc1cnc(C(=O)NCC2(O[Si](C)C)CC(C(C)(C)C)CN2C(=O)OCc2ccc([N+](=O)[O-])cc2)cc1OCC=C. The van der Waals surface area contributed by atoms with Crippen molar-refractivity contribution in [2.75, 3.05) is 26.3 Å². The lowest BCUT2D eigenvalue weighted by atomic mass is 9.79. The van der Waals surface area contributed by atoms with Crippen LogP contribution in [-0.2, 0) is 15.8 Å². The van der Waals surface area contributed by atoms with Crippen molar-refractivity contribution < 1.29 is 33.1 Å². The summed E-state index contributed by atoms with van der Waals surface area (Å²) in [5.74, 6) is 0.255. The van der Waals surface area contributed by atoms with Crippen LogP contribution in [0, 0.1) is 21.4 Å². The standard InChI is InChI=1S/C31H41N4O8Si/c1-8-14-40-26-16-25(32-18-27(26)41-15-9-2)28(36)33-21-31(43-44(6)7)17-23(30(3,4)5)19-34(31)29(37)42-20-22-10-12-24(13-11-22)35(38)39/h8-13,16,18,23H,1-2,14-15,17,19-21H2,3-7H3,(H,33,36). The number of carbonyl (C=O) groups is 2. The molecule has 1 N–H and O–H groups in total. The molecule has 13 heteroatoms. The minimum atomic E-state index is -1.36. The zero-order valence-corrected chi connectivity index (χ0v) is 27.0. The van der Waals surface area contributed by atoms with Crippen LogP contribution in [0.1, 0.15) is 43.2 Å². The number of nitrogens with zero attached hydrogens (tertiary/aromatic N) is 3. The van der Waals surface area contributed by atoms with Gasteiger partial charge in [-0.3, -0.25) is 19.8 Å². The summed E-state index contributed by atoms with van der Waals surface area (Å²) in [7, 11) is -1.36. The molecule has 2 unspecified atom stereocenters. The zero-order chi connectivity index (χ0) is 32.5. The molecule has 12 nitrogen and oxygen atoms in total.